The zero-order valence-corrected chi connectivity index (χ0v) is 14.6. The summed E-state index contributed by atoms with van der Waals surface area (Å²) < 4.78 is 62.1. The number of alkyl halides is 3. The maximum atomic E-state index is 12.9. The first-order chi connectivity index (χ1) is 11.6. The Kier molecular flexibility index (Phi) is 5.74. The molecule has 0 unspecified atom stereocenters. The van der Waals surface area contributed by atoms with E-state index in [0.717, 1.165) is 11.6 Å². The fourth-order valence-electron chi connectivity index (χ4n) is 2.45. The van der Waals surface area contributed by atoms with Gasteiger partial charge in [-0.2, -0.15) is 13.2 Å². The highest BCUT2D eigenvalue weighted by atomic mass is 32.2. The van der Waals surface area contributed by atoms with Crippen molar-refractivity contribution < 1.29 is 21.6 Å². The lowest BCUT2D eigenvalue weighted by Crippen LogP contribution is -2.28. The number of likely N-dealkylation sites (N-methyl/N-ethyl adjacent to an activating group) is 1. The largest absolute Gasteiger partial charge is 0.501 e. The number of rotatable bonds is 6. The van der Waals surface area contributed by atoms with Crippen molar-refractivity contribution in [3.8, 4) is 0 Å². The lowest BCUT2D eigenvalue weighted by Gasteiger charge is -2.26. The molecule has 0 aromatic heterocycles. The van der Waals surface area contributed by atoms with Gasteiger partial charge in [0, 0.05) is 6.54 Å². The number of benzene rings is 2. The van der Waals surface area contributed by atoms with E-state index in [0.29, 0.717) is 0 Å². The number of nitrogens with one attached hydrogen (secondary N) is 1. The van der Waals surface area contributed by atoms with E-state index in [2.05, 4.69) is 5.32 Å². The van der Waals surface area contributed by atoms with E-state index in [-0.39, 0.29) is 18.3 Å². The summed E-state index contributed by atoms with van der Waals surface area (Å²) in [6.07, 6.45) is 0. The molecule has 0 aliphatic rings. The molecule has 0 amide bonds. The fourth-order valence-corrected chi connectivity index (χ4v) is 3.39. The number of hydrogen-bond acceptors (Lipinski definition) is 4. The van der Waals surface area contributed by atoms with Gasteiger partial charge in [0.25, 0.3) is 9.84 Å². The first kappa shape index (κ1) is 19.3. The van der Waals surface area contributed by atoms with Crippen LogP contribution in [0.25, 0.3) is 0 Å². The van der Waals surface area contributed by atoms with Gasteiger partial charge in [-0.3, -0.25) is 0 Å². The Morgan fingerprint density at radius 1 is 1.00 bits per heavy atom. The highest BCUT2D eigenvalue weighted by molar-refractivity contribution is 7.92. The third-order valence-corrected chi connectivity index (χ3v) is 5.32. The molecule has 0 aliphatic carbocycles. The zero-order valence-electron chi connectivity index (χ0n) is 13.8. The number of nitrogens with zero attached hydrogens (tertiary/aromatic N) is 1. The molecule has 0 spiro atoms. The maximum Gasteiger partial charge on any atom is 0.501 e. The Morgan fingerprint density at radius 3 is 2.12 bits per heavy atom. The highest BCUT2D eigenvalue weighted by Gasteiger charge is 2.47. The molecule has 0 saturated heterocycles. The van der Waals surface area contributed by atoms with Gasteiger partial charge < -0.3 is 10.2 Å². The zero-order chi connectivity index (χ0) is 18.7. The molecule has 0 aliphatic heterocycles. The molecule has 4 nitrogen and oxygen atoms in total. The minimum Gasteiger partial charge on any atom is -0.382 e. The average molecular weight is 372 g/mol. The molecule has 25 heavy (non-hydrogen) atoms. The first-order valence-corrected chi connectivity index (χ1v) is 8.98. The van der Waals surface area contributed by atoms with Crippen LogP contribution in [0, 0.1) is 0 Å². The smallest absolute Gasteiger partial charge is 0.382 e. The van der Waals surface area contributed by atoms with Gasteiger partial charge in [0.05, 0.1) is 16.6 Å². The van der Waals surface area contributed by atoms with E-state index < -0.39 is 20.2 Å². The van der Waals surface area contributed by atoms with Crippen molar-refractivity contribution in [2.45, 2.75) is 16.4 Å². The summed E-state index contributed by atoms with van der Waals surface area (Å²) in [5.74, 6) is 0. The van der Waals surface area contributed by atoms with Crippen molar-refractivity contribution in [2.75, 3.05) is 26.0 Å². The minimum atomic E-state index is -5.42. The lowest BCUT2D eigenvalue weighted by atomic mass is 10.1. The fraction of sp³-hybridized carbons (Fsp3) is 0.294. The van der Waals surface area contributed by atoms with Gasteiger partial charge in [-0.05, 0) is 31.8 Å². The molecular weight excluding hydrogens is 353 g/mol. The predicted molar refractivity (Wildman–Crippen MR) is 91.0 cm³/mol. The van der Waals surface area contributed by atoms with Crippen LogP contribution >= 0.6 is 0 Å². The Morgan fingerprint density at radius 2 is 1.56 bits per heavy atom. The van der Waals surface area contributed by atoms with Gasteiger partial charge in [0.15, 0.2) is 0 Å². The Balaban J connectivity index is 2.30. The maximum absolute atomic E-state index is 12.9. The highest BCUT2D eigenvalue weighted by Crippen LogP contribution is 2.34. The van der Waals surface area contributed by atoms with Crippen LogP contribution < -0.4 is 5.32 Å². The molecule has 136 valence electrons. The predicted octanol–water partition coefficient (Wildman–Crippen LogP) is 3.69. The van der Waals surface area contributed by atoms with Crippen molar-refractivity contribution in [1.29, 1.82) is 0 Å². The molecule has 8 heteroatoms. The Labute approximate surface area is 145 Å². The molecule has 1 N–H and O–H groups in total. The second-order valence-corrected chi connectivity index (χ2v) is 7.63. The van der Waals surface area contributed by atoms with Crippen molar-refractivity contribution in [3.63, 3.8) is 0 Å². The summed E-state index contributed by atoms with van der Waals surface area (Å²) in [4.78, 5) is 1.14. The summed E-state index contributed by atoms with van der Waals surface area (Å²) in [6, 6.07) is 14.3. The third kappa shape index (κ3) is 4.32. The first-order valence-electron chi connectivity index (χ1n) is 7.50. The van der Waals surface area contributed by atoms with Crippen LogP contribution in [0.3, 0.4) is 0 Å². The summed E-state index contributed by atoms with van der Waals surface area (Å²) in [6.45, 7) is 0.251. The molecule has 0 bridgehead atoms. The quantitative estimate of drug-likeness (QED) is 0.840. The van der Waals surface area contributed by atoms with E-state index >= 15 is 0 Å². The summed E-state index contributed by atoms with van der Waals surface area (Å²) in [5.41, 5.74) is -4.44. The molecule has 0 fully saturated rings. The number of anilines is 1. The standard InChI is InChI=1S/C17H19F3N2O2S/c1-22(2)15(13-8-4-3-5-9-13)12-21-14-10-6-7-11-16(14)25(23,24)17(18,19)20/h3-11,15,21H,12H2,1-2H3/t15-/m0/s1. The van der Waals surface area contributed by atoms with Gasteiger partial charge >= 0.3 is 5.51 Å². The van der Waals surface area contributed by atoms with Crippen LogP contribution in [0.15, 0.2) is 59.5 Å². The van der Waals surface area contributed by atoms with Crippen molar-refractivity contribution in [1.82, 2.24) is 4.90 Å². The number of hydrogen-bond donors (Lipinski definition) is 1. The molecule has 0 saturated carbocycles. The van der Waals surface area contributed by atoms with Crippen LogP contribution in [-0.2, 0) is 9.84 Å². The molecule has 2 aromatic carbocycles. The summed E-state index contributed by atoms with van der Waals surface area (Å²) in [5, 5.41) is 2.85. The normalized spacial score (nSPS) is 13.7. The third-order valence-electron chi connectivity index (χ3n) is 3.77. The topological polar surface area (TPSA) is 49.4 Å². The average Bonchev–Trinajstić information content (AvgIpc) is 2.55. The van der Waals surface area contributed by atoms with Crippen LogP contribution in [0.5, 0.6) is 0 Å². The van der Waals surface area contributed by atoms with Crippen LogP contribution in [0.2, 0.25) is 0 Å². The van der Waals surface area contributed by atoms with Crippen molar-refractivity contribution in [3.05, 3.63) is 60.2 Å². The van der Waals surface area contributed by atoms with Gasteiger partial charge in [0.2, 0.25) is 0 Å². The summed E-state index contributed by atoms with van der Waals surface area (Å²) >= 11 is 0. The van der Waals surface area contributed by atoms with E-state index in [1.54, 1.807) is 0 Å². The van der Waals surface area contributed by atoms with Gasteiger partial charge in [-0.1, -0.05) is 42.5 Å². The van der Waals surface area contributed by atoms with Gasteiger partial charge in [-0.25, -0.2) is 8.42 Å². The van der Waals surface area contributed by atoms with Crippen LogP contribution in [-0.4, -0.2) is 39.5 Å². The van der Waals surface area contributed by atoms with Gasteiger partial charge in [0.1, 0.15) is 0 Å². The molecule has 2 aromatic rings. The van der Waals surface area contributed by atoms with E-state index in [1.807, 2.05) is 49.3 Å². The Hall–Kier alpha value is -2.06. The second kappa shape index (κ2) is 7.45. The van der Waals surface area contributed by atoms with Crippen LogP contribution in [0.1, 0.15) is 11.6 Å². The molecule has 0 radical (unpaired) electrons. The van der Waals surface area contributed by atoms with Gasteiger partial charge in [-0.15, -0.1) is 0 Å². The number of sulfone groups is 1. The number of halogens is 3. The minimum absolute atomic E-state index is 0.0670. The van der Waals surface area contributed by atoms with Crippen molar-refractivity contribution >= 4 is 15.5 Å². The van der Waals surface area contributed by atoms with E-state index in [9.17, 15) is 21.6 Å². The molecular formula is C17H19F3N2O2S. The second-order valence-electron chi connectivity index (χ2n) is 5.72. The van der Waals surface area contributed by atoms with E-state index in [1.165, 1.54) is 18.2 Å². The molecule has 2 rings (SSSR count). The van der Waals surface area contributed by atoms with Crippen molar-refractivity contribution in [2.24, 2.45) is 0 Å². The number of para-hydroxylation sites is 1. The van der Waals surface area contributed by atoms with Crippen LogP contribution in [0.4, 0.5) is 18.9 Å². The van der Waals surface area contributed by atoms with E-state index in [4.69, 9.17) is 0 Å². The SMILES string of the molecule is CN(C)[C@@H](CNc1ccccc1S(=O)(=O)C(F)(F)F)c1ccccc1. The molecule has 0 heterocycles. The lowest BCUT2D eigenvalue weighted by molar-refractivity contribution is -0.0435. The molecule has 1 atom stereocenters. The monoisotopic (exact) mass is 372 g/mol. The Bertz CT molecular complexity index is 806. The summed E-state index contributed by atoms with van der Waals surface area (Å²) in [7, 11) is -1.73.